The van der Waals surface area contributed by atoms with Crippen molar-refractivity contribution in [3.8, 4) is 0 Å². The molecule has 112 valence electrons. The van der Waals surface area contributed by atoms with E-state index in [0.29, 0.717) is 0 Å². The maximum atomic E-state index is 12.6. The Morgan fingerprint density at radius 2 is 1.86 bits per heavy atom. The van der Waals surface area contributed by atoms with Crippen LogP contribution < -0.4 is 0 Å². The van der Waals surface area contributed by atoms with Crippen LogP contribution in [0.2, 0.25) is 0 Å². The average Bonchev–Trinajstić information content (AvgIpc) is 3.13. The smallest absolute Gasteiger partial charge is 0.270 e. The number of rotatable bonds is 1. The van der Waals surface area contributed by atoms with Crippen LogP contribution in [0.4, 0.5) is 0 Å². The summed E-state index contributed by atoms with van der Waals surface area (Å²) in [7, 11) is 1.93. The summed E-state index contributed by atoms with van der Waals surface area (Å²) >= 11 is 0. The first-order valence-electron chi connectivity index (χ1n) is 7.89. The molecular formula is C19H20N2O. The molecule has 0 saturated carbocycles. The van der Waals surface area contributed by atoms with Gasteiger partial charge in [0, 0.05) is 31.7 Å². The van der Waals surface area contributed by atoms with Gasteiger partial charge in [-0.25, -0.2) is 0 Å². The number of benzene rings is 1. The maximum Gasteiger partial charge on any atom is 0.270 e. The molecule has 1 fully saturated rings. The number of carbonyl (C=O) groups excluding carboxylic acids is 1. The van der Waals surface area contributed by atoms with E-state index in [-0.39, 0.29) is 11.3 Å². The molecule has 1 spiro atoms. The number of hydrogen-bond acceptors (Lipinski definition) is 1. The van der Waals surface area contributed by atoms with Crippen LogP contribution in [0.1, 0.15) is 34.5 Å². The van der Waals surface area contributed by atoms with E-state index in [1.807, 2.05) is 34.8 Å². The van der Waals surface area contributed by atoms with Gasteiger partial charge >= 0.3 is 0 Å². The van der Waals surface area contributed by atoms with Crippen molar-refractivity contribution in [2.45, 2.75) is 18.3 Å². The second-order valence-corrected chi connectivity index (χ2v) is 6.37. The van der Waals surface area contributed by atoms with Gasteiger partial charge in [0.15, 0.2) is 0 Å². The summed E-state index contributed by atoms with van der Waals surface area (Å²) in [4.78, 5) is 14.6. The first-order chi connectivity index (χ1) is 10.7. The van der Waals surface area contributed by atoms with Crippen LogP contribution in [-0.4, -0.2) is 28.5 Å². The monoisotopic (exact) mass is 292 g/mol. The van der Waals surface area contributed by atoms with Crippen molar-refractivity contribution in [3.05, 3.63) is 65.5 Å². The summed E-state index contributed by atoms with van der Waals surface area (Å²) in [6.07, 6.45) is 8.54. The highest BCUT2D eigenvalue weighted by Gasteiger charge is 2.39. The van der Waals surface area contributed by atoms with Crippen LogP contribution in [0.5, 0.6) is 0 Å². The number of allylic oxidation sites excluding steroid dienone is 1. The minimum atomic E-state index is 0.140. The molecule has 0 atom stereocenters. The van der Waals surface area contributed by atoms with Crippen molar-refractivity contribution < 1.29 is 4.79 Å². The molecule has 2 heterocycles. The van der Waals surface area contributed by atoms with E-state index in [1.165, 1.54) is 11.1 Å². The van der Waals surface area contributed by atoms with E-state index >= 15 is 0 Å². The highest BCUT2D eigenvalue weighted by molar-refractivity contribution is 5.92. The van der Waals surface area contributed by atoms with Gasteiger partial charge < -0.3 is 9.47 Å². The first-order valence-corrected chi connectivity index (χ1v) is 7.89. The predicted molar refractivity (Wildman–Crippen MR) is 87.7 cm³/mol. The lowest BCUT2D eigenvalue weighted by Gasteiger charge is -2.39. The zero-order chi connectivity index (χ0) is 15.2. The zero-order valence-electron chi connectivity index (χ0n) is 12.8. The normalized spacial score (nSPS) is 18.7. The van der Waals surface area contributed by atoms with Crippen LogP contribution in [0.15, 0.2) is 48.7 Å². The van der Waals surface area contributed by atoms with Crippen LogP contribution in [0.3, 0.4) is 0 Å². The quantitative estimate of drug-likeness (QED) is 0.792. The van der Waals surface area contributed by atoms with Gasteiger partial charge in [-0.3, -0.25) is 4.79 Å². The minimum absolute atomic E-state index is 0.140. The fourth-order valence-electron chi connectivity index (χ4n) is 3.82. The number of amides is 1. The molecule has 1 aliphatic heterocycles. The van der Waals surface area contributed by atoms with Gasteiger partial charge in [0.2, 0.25) is 0 Å². The Kier molecular flexibility index (Phi) is 2.96. The third kappa shape index (κ3) is 1.92. The van der Waals surface area contributed by atoms with Crippen LogP contribution in [-0.2, 0) is 12.5 Å². The van der Waals surface area contributed by atoms with E-state index in [0.717, 1.165) is 31.6 Å². The Morgan fingerprint density at radius 3 is 2.59 bits per heavy atom. The molecule has 1 aromatic heterocycles. The molecule has 0 unspecified atom stereocenters. The molecule has 1 amide bonds. The minimum Gasteiger partial charge on any atom is -0.347 e. The van der Waals surface area contributed by atoms with Crippen LogP contribution in [0.25, 0.3) is 6.08 Å². The molecular weight excluding hydrogens is 272 g/mol. The summed E-state index contributed by atoms with van der Waals surface area (Å²) in [6.45, 7) is 1.64. The number of aromatic nitrogens is 1. The van der Waals surface area contributed by atoms with Gasteiger partial charge in [0.25, 0.3) is 5.91 Å². The zero-order valence-corrected chi connectivity index (χ0v) is 12.8. The molecule has 3 nitrogen and oxygen atoms in total. The highest BCUT2D eigenvalue weighted by atomic mass is 16.2. The Labute approximate surface area is 130 Å². The van der Waals surface area contributed by atoms with E-state index in [4.69, 9.17) is 0 Å². The number of hydrogen-bond donors (Lipinski definition) is 0. The fraction of sp³-hybridized carbons (Fsp3) is 0.316. The molecule has 1 aromatic carbocycles. The molecule has 22 heavy (non-hydrogen) atoms. The number of fused-ring (bicyclic) bond motifs is 2. The van der Waals surface area contributed by atoms with E-state index < -0.39 is 0 Å². The Bertz CT molecular complexity index is 748. The number of nitrogens with zero attached hydrogens (tertiary/aromatic N) is 2. The lowest BCUT2D eigenvalue weighted by atomic mass is 9.74. The molecule has 0 N–H and O–H groups in total. The molecule has 2 aromatic rings. The standard InChI is InChI=1S/C19H20N2O/c1-20-12-4-7-17(20)18(22)21-13-10-19(11-14-21)9-8-15-5-2-3-6-16(15)19/h2-9,12H,10-11,13-14H2,1H3. The molecule has 4 rings (SSSR count). The summed E-state index contributed by atoms with van der Waals surface area (Å²) < 4.78 is 1.90. The third-order valence-electron chi connectivity index (χ3n) is 5.18. The van der Waals surface area contributed by atoms with Gasteiger partial charge in [-0.05, 0) is 36.1 Å². The van der Waals surface area contributed by atoms with Gasteiger partial charge in [-0.1, -0.05) is 36.4 Å². The summed E-state index contributed by atoms with van der Waals surface area (Å²) in [5.74, 6) is 0.151. The van der Waals surface area contributed by atoms with Crippen LogP contribution in [0, 0.1) is 0 Å². The van der Waals surface area contributed by atoms with Crippen molar-refractivity contribution in [2.24, 2.45) is 7.05 Å². The van der Waals surface area contributed by atoms with E-state index in [2.05, 4.69) is 36.4 Å². The SMILES string of the molecule is Cn1cccc1C(=O)N1CCC2(C=Cc3ccccc32)CC1. The second kappa shape index (κ2) is 4.87. The van der Waals surface area contributed by atoms with Crippen LogP contribution >= 0.6 is 0 Å². The molecule has 3 heteroatoms. The molecule has 0 bridgehead atoms. The Balaban J connectivity index is 1.54. The molecule has 2 aliphatic rings. The predicted octanol–water partition coefficient (Wildman–Crippen LogP) is 3.23. The second-order valence-electron chi connectivity index (χ2n) is 6.37. The van der Waals surface area contributed by atoms with Crippen molar-refractivity contribution in [3.63, 3.8) is 0 Å². The maximum absolute atomic E-state index is 12.6. The number of piperidine rings is 1. The number of aryl methyl sites for hydroxylation is 1. The first kappa shape index (κ1) is 13.4. The average molecular weight is 292 g/mol. The van der Waals surface area contributed by atoms with E-state index in [9.17, 15) is 4.79 Å². The number of likely N-dealkylation sites (tertiary alicyclic amines) is 1. The fourth-order valence-corrected chi connectivity index (χ4v) is 3.82. The third-order valence-corrected chi connectivity index (χ3v) is 5.18. The number of carbonyl (C=O) groups is 1. The van der Waals surface area contributed by atoms with Crippen molar-refractivity contribution in [1.82, 2.24) is 9.47 Å². The molecule has 1 saturated heterocycles. The van der Waals surface area contributed by atoms with Crippen molar-refractivity contribution in [2.75, 3.05) is 13.1 Å². The van der Waals surface area contributed by atoms with Gasteiger partial charge in [0.05, 0.1) is 0 Å². The molecule has 0 radical (unpaired) electrons. The Morgan fingerprint density at radius 1 is 1.09 bits per heavy atom. The highest BCUT2D eigenvalue weighted by Crippen LogP contribution is 2.43. The lowest BCUT2D eigenvalue weighted by Crippen LogP contribution is -2.44. The van der Waals surface area contributed by atoms with Crippen molar-refractivity contribution >= 4 is 12.0 Å². The largest absolute Gasteiger partial charge is 0.347 e. The molecule has 1 aliphatic carbocycles. The van der Waals surface area contributed by atoms with Gasteiger partial charge in [-0.15, -0.1) is 0 Å². The Hall–Kier alpha value is -2.29. The van der Waals surface area contributed by atoms with Crippen molar-refractivity contribution in [1.29, 1.82) is 0 Å². The summed E-state index contributed by atoms with van der Waals surface area (Å²) in [6, 6.07) is 12.5. The van der Waals surface area contributed by atoms with Gasteiger partial charge in [-0.2, -0.15) is 0 Å². The topological polar surface area (TPSA) is 25.2 Å². The summed E-state index contributed by atoms with van der Waals surface area (Å²) in [5, 5.41) is 0. The van der Waals surface area contributed by atoms with E-state index in [1.54, 1.807) is 0 Å². The summed E-state index contributed by atoms with van der Waals surface area (Å²) in [5.41, 5.74) is 3.69. The van der Waals surface area contributed by atoms with Gasteiger partial charge in [0.1, 0.15) is 5.69 Å². The lowest BCUT2D eigenvalue weighted by molar-refractivity contribution is 0.0680.